The van der Waals surface area contributed by atoms with Gasteiger partial charge in [-0.25, -0.2) is 0 Å². The number of hydrogen-bond donors (Lipinski definition) is 0. The fourth-order valence-electron chi connectivity index (χ4n) is 1.68. The van der Waals surface area contributed by atoms with E-state index in [1.54, 1.807) is 19.2 Å². The van der Waals surface area contributed by atoms with Gasteiger partial charge in [0.2, 0.25) is 0 Å². The van der Waals surface area contributed by atoms with E-state index in [1.165, 1.54) is 10.6 Å². The molecule has 0 unspecified atom stereocenters. The van der Waals surface area contributed by atoms with Crippen LogP contribution in [-0.2, 0) is 6.54 Å². The van der Waals surface area contributed by atoms with Gasteiger partial charge in [0.15, 0.2) is 0 Å². The third-order valence-corrected chi connectivity index (χ3v) is 2.72. The summed E-state index contributed by atoms with van der Waals surface area (Å²) in [5.41, 5.74) is 0.905. The van der Waals surface area contributed by atoms with Crippen molar-refractivity contribution in [2.24, 2.45) is 0 Å². The maximum Gasteiger partial charge on any atom is 0.252 e. The smallest absolute Gasteiger partial charge is 0.252 e. The highest BCUT2D eigenvalue weighted by molar-refractivity contribution is 5.38. The molecule has 1 aromatic heterocycles. The average Bonchev–Trinajstić information content (AvgIpc) is 2.49. The van der Waals surface area contributed by atoms with Crippen LogP contribution in [0.25, 0.3) is 0 Å². The molecular weight excluding hydrogens is 252 g/mol. The molecule has 0 spiro atoms. The van der Waals surface area contributed by atoms with Crippen molar-refractivity contribution in [2.75, 3.05) is 7.11 Å². The molecule has 0 bridgehead atoms. The Balaban J connectivity index is 2.19. The molecule has 0 saturated carbocycles. The summed E-state index contributed by atoms with van der Waals surface area (Å²) in [6, 6.07) is 13.9. The lowest BCUT2D eigenvalue weighted by Gasteiger charge is -2.01. The molecule has 4 nitrogen and oxygen atoms in total. The van der Waals surface area contributed by atoms with Gasteiger partial charge in [-0.15, -0.1) is 0 Å². The fraction of sp³-hybridized carbons (Fsp3) is 0.125. The minimum Gasteiger partial charge on any atom is -0.497 e. The maximum absolute atomic E-state index is 11.7. The van der Waals surface area contributed by atoms with E-state index < -0.39 is 0 Å². The molecule has 0 N–H and O–H groups in total. The highest BCUT2D eigenvalue weighted by Crippen LogP contribution is 2.10. The number of aromatic nitrogens is 1. The highest BCUT2D eigenvalue weighted by atomic mass is 16.5. The normalized spacial score (nSPS) is 9.20. The van der Waals surface area contributed by atoms with Crippen molar-refractivity contribution in [1.82, 2.24) is 4.57 Å². The number of methoxy groups -OCH3 is 1. The molecule has 0 fully saturated rings. The van der Waals surface area contributed by atoms with Crippen molar-refractivity contribution >= 4 is 0 Å². The zero-order valence-corrected chi connectivity index (χ0v) is 11.0. The Morgan fingerprint density at radius 3 is 2.60 bits per heavy atom. The predicted octanol–water partition coefficient (Wildman–Crippen LogP) is 1.78. The van der Waals surface area contributed by atoms with E-state index in [0.29, 0.717) is 5.69 Å². The maximum atomic E-state index is 11.7. The lowest BCUT2D eigenvalue weighted by Crippen LogP contribution is -2.20. The zero-order valence-electron chi connectivity index (χ0n) is 11.0. The summed E-state index contributed by atoms with van der Waals surface area (Å²) >= 11 is 0. The summed E-state index contributed by atoms with van der Waals surface area (Å²) in [5, 5.41) is 8.95. The lowest BCUT2D eigenvalue weighted by atomic mass is 10.2. The lowest BCUT2D eigenvalue weighted by molar-refractivity contribution is 0.415. The van der Waals surface area contributed by atoms with Crippen molar-refractivity contribution < 1.29 is 4.74 Å². The first kappa shape index (κ1) is 13.5. The van der Waals surface area contributed by atoms with E-state index >= 15 is 0 Å². The summed E-state index contributed by atoms with van der Waals surface area (Å²) in [6.07, 6.45) is 0. The first-order valence-electron chi connectivity index (χ1n) is 5.97. The molecule has 98 valence electrons. The molecule has 2 rings (SSSR count). The number of pyridine rings is 1. The Morgan fingerprint density at radius 2 is 1.95 bits per heavy atom. The second-order valence-corrected chi connectivity index (χ2v) is 3.98. The van der Waals surface area contributed by atoms with Crippen LogP contribution in [0.2, 0.25) is 0 Å². The van der Waals surface area contributed by atoms with Crippen molar-refractivity contribution in [3.63, 3.8) is 0 Å². The Bertz CT molecular complexity index is 756. The number of hydrogen-bond acceptors (Lipinski definition) is 3. The van der Waals surface area contributed by atoms with Gasteiger partial charge in [0, 0.05) is 11.6 Å². The summed E-state index contributed by atoms with van der Waals surface area (Å²) in [4.78, 5) is 11.7. The molecule has 2 aromatic rings. The van der Waals surface area contributed by atoms with Crippen LogP contribution in [0.15, 0.2) is 47.3 Å². The van der Waals surface area contributed by atoms with Crippen LogP contribution in [0.4, 0.5) is 0 Å². The van der Waals surface area contributed by atoms with Gasteiger partial charge in [-0.2, -0.15) is 5.26 Å². The summed E-state index contributed by atoms with van der Waals surface area (Å²) < 4.78 is 6.40. The highest BCUT2D eigenvalue weighted by Gasteiger charge is 1.99. The molecule has 1 aromatic carbocycles. The quantitative estimate of drug-likeness (QED) is 0.777. The van der Waals surface area contributed by atoms with Crippen molar-refractivity contribution in [2.45, 2.75) is 6.54 Å². The second kappa shape index (κ2) is 6.26. The Labute approximate surface area is 116 Å². The number of ether oxygens (including phenoxy) is 1. The third-order valence-electron chi connectivity index (χ3n) is 2.72. The van der Waals surface area contributed by atoms with E-state index in [0.717, 1.165) is 11.3 Å². The fourth-order valence-corrected chi connectivity index (χ4v) is 1.68. The predicted molar refractivity (Wildman–Crippen MR) is 75.3 cm³/mol. The number of nitriles is 1. The van der Waals surface area contributed by atoms with Crippen LogP contribution < -0.4 is 10.3 Å². The van der Waals surface area contributed by atoms with Gasteiger partial charge < -0.3 is 4.74 Å². The van der Waals surface area contributed by atoms with Crippen LogP contribution in [0, 0.1) is 23.2 Å². The van der Waals surface area contributed by atoms with Gasteiger partial charge in [-0.05, 0) is 30.3 Å². The second-order valence-electron chi connectivity index (χ2n) is 3.98. The van der Waals surface area contributed by atoms with Crippen LogP contribution in [-0.4, -0.2) is 11.7 Å². The molecule has 0 radical (unpaired) electrons. The zero-order chi connectivity index (χ0) is 14.4. The Hall–Kier alpha value is -2.98. The monoisotopic (exact) mass is 264 g/mol. The molecule has 0 amide bonds. The van der Waals surface area contributed by atoms with Crippen molar-refractivity contribution in [3.05, 3.63) is 64.1 Å². The van der Waals surface area contributed by atoms with E-state index in [2.05, 4.69) is 11.8 Å². The molecule has 0 aliphatic heterocycles. The van der Waals surface area contributed by atoms with E-state index in [1.807, 2.05) is 30.3 Å². The standard InChI is InChI=1S/C16H12N2O2/c1-20-15-9-7-13(8-10-15)4-3-11-18-14(12-17)5-2-6-16(18)19/h2,5-10H,11H2,1H3. The van der Waals surface area contributed by atoms with E-state index in [4.69, 9.17) is 10.00 Å². The molecule has 20 heavy (non-hydrogen) atoms. The van der Waals surface area contributed by atoms with Crippen LogP contribution in [0.1, 0.15) is 11.3 Å². The SMILES string of the molecule is COc1ccc(C#CCn2c(C#N)cccc2=O)cc1. The average molecular weight is 264 g/mol. The summed E-state index contributed by atoms with van der Waals surface area (Å²) in [7, 11) is 1.60. The Kier molecular flexibility index (Phi) is 4.21. The van der Waals surface area contributed by atoms with Crippen molar-refractivity contribution in [3.8, 4) is 23.7 Å². The van der Waals surface area contributed by atoms with Gasteiger partial charge in [0.05, 0.1) is 13.7 Å². The number of nitrogens with zero attached hydrogens (tertiary/aromatic N) is 2. The molecule has 0 saturated heterocycles. The van der Waals surface area contributed by atoms with Gasteiger partial charge in [-0.3, -0.25) is 9.36 Å². The molecule has 4 heteroatoms. The molecule has 1 heterocycles. The molecule has 0 aliphatic rings. The Morgan fingerprint density at radius 1 is 1.20 bits per heavy atom. The van der Waals surface area contributed by atoms with Gasteiger partial charge in [-0.1, -0.05) is 17.9 Å². The molecule has 0 atom stereocenters. The minimum absolute atomic E-state index is 0.189. The van der Waals surface area contributed by atoms with Gasteiger partial charge >= 0.3 is 0 Å². The largest absolute Gasteiger partial charge is 0.497 e. The summed E-state index contributed by atoms with van der Waals surface area (Å²) in [5.74, 6) is 6.61. The molecular formula is C16H12N2O2. The van der Waals surface area contributed by atoms with E-state index in [9.17, 15) is 4.79 Å². The summed E-state index contributed by atoms with van der Waals surface area (Å²) in [6.45, 7) is 0.189. The third kappa shape index (κ3) is 3.07. The van der Waals surface area contributed by atoms with Crippen molar-refractivity contribution in [1.29, 1.82) is 5.26 Å². The van der Waals surface area contributed by atoms with Crippen LogP contribution in [0.5, 0.6) is 5.75 Å². The van der Waals surface area contributed by atoms with Gasteiger partial charge in [0.1, 0.15) is 17.5 Å². The van der Waals surface area contributed by atoms with Crippen LogP contribution >= 0.6 is 0 Å². The van der Waals surface area contributed by atoms with E-state index in [-0.39, 0.29) is 12.1 Å². The number of rotatable bonds is 2. The first-order chi connectivity index (χ1) is 9.74. The minimum atomic E-state index is -0.229. The topological polar surface area (TPSA) is 55.0 Å². The number of benzene rings is 1. The van der Waals surface area contributed by atoms with Gasteiger partial charge in [0.25, 0.3) is 5.56 Å². The van der Waals surface area contributed by atoms with Crippen LogP contribution in [0.3, 0.4) is 0 Å². The molecule has 0 aliphatic carbocycles. The first-order valence-corrected chi connectivity index (χ1v) is 5.97.